The van der Waals surface area contributed by atoms with Crippen LogP contribution in [0.25, 0.3) is 0 Å². The molecule has 0 radical (unpaired) electrons. The molecule has 1 aliphatic carbocycles. The number of hydrogen-bond acceptors (Lipinski definition) is 3. The molecule has 0 aromatic carbocycles. The van der Waals surface area contributed by atoms with Crippen LogP contribution in [0.5, 0.6) is 0 Å². The summed E-state index contributed by atoms with van der Waals surface area (Å²) >= 11 is 0. The van der Waals surface area contributed by atoms with Crippen molar-refractivity contribution < 1.29 is 0 Å². The average molecular weight is 449 g/mol. The quantitative estimate of drug-likeness (QED) is 0.405. The lowest BCUT2D eigenvalue weighted by molar-refractivity contribution is 0.139. The third kappa shape index (κ3) is 4.97. The smallest absolute Gasteiger partial charge is 0.193 e. The first-order valence-electron chi connectivity index (χ1n) is 9.65. The van der Waals surface area contributed by atoms with Crippen molar-refractivity contribution in [3.63, 3.8) is 0 Å². The molecular formula is C18H36IN5. The summed E-state index contributed by atoms with van der Waals surface area (Å²) < 4.78 is 0. The molecular weight excluding hydrogens is 413 g/mol. The molecule has 6 heteroatoms. The minimum absolute atomic E-state index is 0. The Labute approximate surface area is 165 Å². The standard InChI is InChI=1S/C18H35N5.HI/c1-3-21-12-14-22(15-13-21)11-9-20-17(19-2)23-10-8-18(16-23)6-4-5-7-18;/h3-16H2,1-2H3,(H,19,20);1H. The fraction of sp³-hybridized carbons (Fsp3) is 0.944. The Morgan fingerprint density at radius 2 is 1.67 bits per heavy atom. The van der Waals surface area contributed by atoms with Gasteiger partial charge in [0.25, 0.3) is 0 Å². The zero-order valence-electron chi connectivity index (χ0n) is 15.6. The van der Waals surface area contributed by atoms with Crippen LogP contribution in [0, 0.1) is 5.41 Å². The summed E-state index contributed by atoms with van der Waals surface area (Å²) in [7, 11) is 1.93. The van der Waals surface area contributed by atoms with Gasteiger partial charge >= 0.3 is 0 Å². The van der Waals surface area contributed by atoms with E-state index in [4.69, 9.17) is 0 Å². The lowest BCUT2D eigenvalue weighted by Crippen LogP contribution is -2.49. The second kappa shape index (κ2) is 9.57. The van der Waals surface area contributed by atoms with Crippen molar-refractivity contribution in [1.82, 2.24) is 20.0 Å². The van der Waals surface area contributed by atoms with Gasteiger partial charge in [-0.3, -0.25) is 9.89 Å². The first kappa shape index (κ1) is 20.2. The second-order valence-electron chi connectivity index (χ2n) is 7.63. The van der Waals surface area contributed by atoms with Gasteiger partial charge in [-0.15, -0.1) is 24.0 Å². The highest BCUT2D eigenvalue weighted by atomic mass is 127. The molecule has 1 spiro atoms. The van der Waals surface area contributed by atoms with Gasteiger partial charge in [0, 0.05) is 59.4 Å². The highest BCUT2D eigenvalue weighted by molar-refractivity contribution is 14.0. The van der Waals surface area contributed by atoms with Gasteiger partial charge in [-0.05, 0) is 31.2 Å². The van der Waals surface area contributed by atoms with Crippen molar-refractivity contribution in [1.29, 1.82) is 0 Å². The van der Waals surface area contributed by atoms with E-state index in [1.165, 1.54) is 77.9 Å². The number of piperazine rings is 1. The molecule has 2 saturated heterocycles. The number of nitrogens with one attached hydrogen (secondary N) is 1. The van der Waals surface area contributed by atoms with E-state index in [-0.39, 0.29) is 24.0 Å². The third-order valence-corrected chi connectivity index (χ3v) is 6.24. The van der Waals surface area contributed by atoms with Gasteiger partial charge in [-0.2, -0.15) is 0 Å². The zero-order chi connectivity index (χ0) is 16.1. The molecule has 3 rings (SSSR count). The van der Waals surface area contributed by atoms with Crippen LogP contribution in [0.3, 0.4) is 0 Å². The molecule has 1 N–H and O–H groups in total. The predicted octanol–water partition coefficient (Wildman–Crippen LogP) is 2.08. The number of guanidine groups is 1. The van der Waals surface area contributed by atoms with E-state index in [0.717, 1.165) is 19.0 Å². The van der Waals surface area contributed by atoms with E-state index in [1.807, 2.05) is 7.05 Å². The topological polar surface area (TPSA) is 34.1 Å². The molecule has 0 aromatic heterocycles. The Bertz CT molecular complexity index is 400. The summed E-state index contributed by atoms with van der Waals surface area (Å²) in [6.45, 7) is 12.9. The SMILES string of the molecule is CCN1CCN(CCNC(=NC)N2CCC3(CCCC3)C2)CC1.I. The van der Waals surface area contributed by atoms with E-state index in [1.54, 1.807) is 0 Å². The van der Waals surface area contributed by atoms with Gasteiger partial charge in [-0.1, -0.05) is 19.8 Å². The first-order valence-corrected chi connectivity index (χ1v) is 9.65. The molecule has 0 bridgehead atoms. The van der Waals surface area contributed by atoms with Gasteiger partial charge < -0.3 is 15.1 Å². The molecule has 140 valence electrons. The van der Waals surface area contributed by atoms with Gasteiger partial charge in [0.2, 0.25) is 0 Å². The Hall–Kier alpha value is -0.0800. The van der Waals surface area contributed by atoms with Crippen LogP contribution < -0.4 is 5.32 Å². The van der Waals surface area contributed by atoms with Gasteiger partial charge in [-0.25, -0.2) is 0 Å². The molecule has 2 heterocycles. The largest absolute Gasteiger partial charge is 0.355 e. The Balaban J connectivity index is 0.00000208. The fourth-order valence-corrected chi connectivity index (χ4v) is 4.64. The molecule has 0 unspecified atom stereocenters. The Morgan fingerprint density at radius 3 is 2.29 bits per heavy atom. The van der Waals surface area contributed by atoms with Gasteiger partial charge in [0.15, 0.2) is 5.96 Å². The van der Waals surface area contributed by atoms with Crippen molar-refractivity contribution >= 4 is 29.9 Å². The normalized spacial score (nSPS) is 25.2. The van der Waals surface area contributed by atoms with Gasteiger partial charge in [0.05, 0.1) is 0 Å². The van der Waals surface area contributed by atoms with E-state index in [2.05, 4.69) is 31.9 Å². The molecule has 1 saturated carbocycles. The number of likely N-dealkylation sites (tertiary alicyclic amines) is 1. The number of nitrogens with zero attached hydrogens (tertiary/aromatic N) is 4. The van der Waals surface area contributed by atoms with E-state index >= 15 is 0 Å². The number of hydrogen-bond donors (Lipinski definition) is 1. The molecule has 2 aliphatic heterocycles. The summed E-state index contributed by atoms with van der Waals surface area (Å²) in [5.41, 5.74) is 0.619. The van der Waals surface area contributed by atoms with Crippen LogP contribution in [0.1, 0.15) is 39.0 Å². The van der Waals surface area contributed by atoms with Crippen LogP contribution >= 0.6 is 24.0 Å². The Morgan fingerprint density at radius 1 is 1.00 bits per heavy atom. The second-order valence-corrected chi connectivity index (χ2v) is 7.63. The van der Waals surface area contributed by atoms with E-state index in [0.29, 0.717) is 5.41 Å². The van der Waals surface area contributed by atoms with Gasteiger partial charge in [0.1, 0.15) is 0 Å². The summed E-state index contributed by atoms with van der Waals surface area (Å²) in [5.74, 6) is 1.13. The average Bonchev–Trinajstić information content (AvgIpc) is 3.22. The molecule has 0 amide bonds. The van der Waals surface area contributed by atoms with Crippen molar-refractivity contribution in [2.45, 2.75) is 39.0 Å². The number of rotatable bonds is 4. The van der Waals surface area contributed by atoms with E-state index in [9.17, 15) is 0 Å². The maximum absolute atomic E-state index is 4.54. The zero-order valence-corrected chi connectivity index (χ0v) is 17.9. The van der Waals surface area contributed by atoms with Crippen LogP contribution in [0.4, 0.5) is 0 Å². The maximum Gasteiger partial charge on any atom is 0.193 e. The minimum atomic E-state index is 0. The molecule has 5 nitrogen and oxygen atoms in total. The number of halogens is 1. The monoisotopic (exact) mass is 449 g/mol. The molecule has 0 atom stereocenters. The Kier molecular flexibility index (Phi) is 8.07. The molecule has 24 heavy (non-hydrogen) atoms. The van der Waals surface area contributed by atoms with Crippen molar-refractivity contribution in [2.24, 2.45) is 10.4 Å². The lowest BCUT2D eigenvalue weighted by Gasteiger charge is -2.34. The van der Waals surface area contributed by atoms with Crippen LogP contribution in [-0.2, 0) is 0 Å². The van der Waals surface area contributed by atoms with Crippen LogP contribution in [0.15, 0.2) is 4.99 Å². The summed E-state index contributed by atoms with van der Waals surface area (Å²) in [6.07, 6.45) is 7.10. The molecule has 0 aromatic rings. The summed E-state index contributed by atoms with van der Waals surface area (Å²) in [6, 6.07) is 0. The van der Waals surface area contributed by atoms with Crippen LogP contribution in [0.2, 0.25) is 0 Å². The van der Waals surface area contributed by atoms with Crippen molar-refractivity contribution in [2.75, 3.05) is 66.0 Å². The number of likely N-dealkylation sites (N-methyl/N-ethyl adjacent to an activating group) is 1. The maximum atomic E-state index is 4.54. The van der Waals surface area contributed by atoms with Crippen molar-refractivity contribution in [3.05, 3.63) is 0 Å². The lowest BCUT2D eigenvalue weighted by atomic mass is 9.86. The summed E-state index contributed by atoms with van der Waals surface area (Å²) in [5, 5.41) is 3.61. The predicted molar refractivity (Wildman–Crippen MR) is 112 cm³/mol. The van der Waals surface area contributed by atoms with Crippen molar-refractivity contribution in [3.8, 4) is 0 Å². The summed E-state index contributed by atoms with van der Waals surface area (Å²) in [4.78, 5) is 12.2. The fourth-order valence-electron chi connectivity index (χ4n) is 4.64. The molecule has 3 fully saturated rings. The first-order chi connectivity index (χ1) is 11.2. The highest BCUT2D eigenvalue weighted by Gasteiger charge is 2.41. The number of aliphatic imine (C=N–C) groups is 1. The minimum Gasteiger partial charge on any atom is -0.355 e. The molecule has 3 aliphatic rings. The van der Waals surface area contributed by atoms with Crippen LogP contribution in [-0.4, -0.2) is 86.6 Å². The third-order valence-electron chi connectivity index (χ3n) is 6.24. The highest BCUT2D eigenvalue weighted by Crippen LogP contribution is 2.45. The van der Waals surface area contributed by atoms with E-state index < -0.39 is 0 Å².